The van der Waals surface area contributed by atoms with Crippen LogP contribution in [0.3, 0.4) is 0 Å². The molecule has 0 heterocycles. The van der Waals surface area contributed by atoms with Gasteiger partial charge in [-0.25, -0.2) is 9.18 Å². The molecular weight excluding hydrogens is 151 g/mol. The van der Waals surface area contributed by atoms with E-state index in [1.165, 1.54) is 0 Å². The van der Waals surface area contributed by atoms with E-state index in [0.29, 0.717) is 6.42 Å². The van der Waals surface area contributed by atoms with Crippen LogP contribution in [-0.4, -0.2) is 28.5 Å². The first kappa shape index (κ1) is 10.4. The lowest BCUT2D eigenvalue weighted by molar-refractivity contribution is -0.147. The highest BCUT2D eigenvalue weighted by atomic mass is 19.1. The van der Waals surface area contributed by atoms with Crippen LogP contribution >= 0.6 is 0 Å². The van der Waals surface area contributed by atoms with Gasteiger partial charge < -0.3 is 10.2 Å². The average Bonchev–Trinajstić information content (AvgIpc) is 1.98. The van der Waals surface area contributed by atoms with Gasteiger partial charge in [-0.2, -0.15) is 0 Å². The van der Waals surface area contributed by atoms with Gasteiger partial charge in [-0.3, -0.25) is 0 Å². The van der Waals surface area contributed by atoms with Gasteiger partial charge in [0.15, 0.2) is 0 Å². The number of alkyl halides is 1. The minimum Gasteiger partial charge on any atom is -0.479 e. The zero-order chi connectivity index (χ0) is 8.85. The summed E-state index contributed by atoms with van der Waals surface area (Å²) >= 11 is 0. The van der Waals surface area contributed by atoms with E-state index >= 15 is 0 Å². The summed E-state index contributed by atoms with van der Waals surface area (Å²) in [6, 6.07) is 0. The fraction of sp³-hybridized carbons (Fsp3) is 0.857. The summed E-state index contributed by atoms with van der Waals surface area (Å²) in [6.45, 7) is 1.89. The molecule has 4 heteroatoms. The van der Waals surface area contributed by atoms with Crippen LogP contribution in [0.4, 0.5) is 4.39 Å². The molecule has 0 saturated heterocycles. The molecule has 11 heavy (non-hydrogen) atoms. The molecule has 2 unspecified atom stereocenters. The molecule has 0 aromatic heterocycles. The van der Waals surface area contributed by atoms with Crippen molar-refractivity contribution < 1.29 is 19.4 Å². The molecule has 0 aliphatic rings. The van der Waals surface area contributed by atoms with Crippen LogP contribution in [-0.2, 0) is 4.79 Å². The molecule has 0 rings (SSSR count). The first-order valence-corrected chi connectivity index (χ1v) is 3.64. The van der Waals surface area contributed by atoms with Gasteiger partial charge in [-0.1, -0.05) is 19.8 Å². The van der Waals surface area contributed by atoms with Crippen molar-refractivity contribution in [3.05, 3.63) is 0 Å². The Morgan fingerprint density at radius 3 is 2.55 bits per heavy atom. The highest BCUT2D eigenvalue weighted by Gasteiger charge is 2.24. The maximum atomic E-state index is 12.4. The lowest BCUT2D eigenvalue weighted by Gasteiger charge is -2.10. The fourth-order valence-electron chi connectivity index (χ4n) is 0.724. The molecule has 0 aromatic carbocycles. The Balaban J connectivity index is 3.63. The molecule has 2 N–H and O–H groups in total. The standard InChI is InChI=1S/C7H13FO3/c1-2-3-4-5(9)6(8)7(10)11/h5-6,9H,2-4H2,1H3,(H,10,11). The number of halogens is 1. The summed E-state index contributed by atoms with van der Waals surface area (Å²) in [4.78, 5) is 9.97. The molecular formula is C7H13FO3. The van der Waals surface area contributed by atoms with Crippen LogP contribution < -0.4 is 0 Å². The van der Waals surface area contributed by atoms with E-state index in [2.05, 4.69) is 0 Å². The van der Waals surface area contributed by atoms with E-state index in [0.717, 1.165) is 6.42 Å². The number of aliphatic hydroxyl groups is 1. The maximum Gasteiger partial charge on any atom is 0.341 e. The number of hydrogen-bond acceptors (Lipinski definition) is 2. The molecule has 0 fully saturated rings. The van der Waals surface area contributed by atoms with Crippen LogP contribution in [0, 0.1) is 0 Å². The smallest absolute Gasteiger partial charge is 0.341 e. The Morgan fingerprint density at radius 1 is 1.64 bits per heavy atom. The predicted molar refractivity (Wildman–Crippen MR) is 38.1 cm³/mol. The Labute approximate surface area is 64.8 Å². The molecule has 0 radical (unpaired) electrons. The summed E-state index contributed by atoms with van der Waals surface area (Å²) < 4.78 is 12.4. The molecule has 0 aliphatic heterocycles. The van der Waals surface area contributed by atoms with E-state index < -0.39 is 18.2 Å². The minimum atomic E-state index is -2.14. The Morgan fingerprint density at radius 2 is 2.18 bits per heavy atom. The molecule has 0 spiro atoms. The van der Waals surface area contributed by atoms with Crippen LogP contribution in [0.1, 0.15) is 26.2 Å². The predicted octanol–water partition coefficient (Wildman–Crippen LogP) is 0.960. The number of aliphatic hydroxyl groups excluding tert-OH is 1. The fourth-order valence-corrected chi connectivity index (χ4v) is 0.724. The number of rotatable bonds is 5. The minimum absolute atomic E-state index is 0.212. The quantitative estimate of drug-likeness (QED) is 0.636. The van der Waals surface area contributed by atoms with E-state index in [9.17, 15) is 9.18 Å². The Kier molecular flexibility index (Phi) is 4.77. The van der Waals surface area contributed by atoms with Gasteiger partial charge in [-0.05, 0) is 6.42 Å². The van der Waals surface area contributed by atoms with Crippen molar-refractivity contribution >= 4 is 5.97 Å². The highest BCUT2D eigenvalue weighted by molar-refractivity contribution is 5.72. The van der Waals surface area contributed by atoms with Gasteiger partial charge in [0.25, 0.3) is 0 Å². The van der Waals surface area contributed by atoms with E-state index in [4.69, 9.17) is 10.2 Å². The average molecular weight is 164 g/mol. The molecule has 0 amide bonds. The number of aliphatic carboxylic acids is 1. The third-order valence-corrected chi connectivity index (χ3v) is 1.43. The monoisotopic (exact) mass is 164 g/mol. The van der Waals surface area contributed by atoms with E-state index in [1.54, 1.807) is 0 Å². The zero-order valence-electron chi connectivity index (χ0n) is 6.46. The first-order valence-electron chi connectivity index (χ1n) is 3.64. The number of hydrogen-bond donors (Lipinski definition) is 2. The van der Waals surface area contributed by atoms with E-state index in [-0.39, 0.29) is 6.42 Å². The number of carbonyl (C=O) groups is 1. The lowest BCUT2D eigenvalue weighted by atomic mass is 10.1. The molecule has 3 nitrogen and oxygen atoms in total. The normalized spacial score (nSPS) is 15.9. The van der Waals surface area contributed by atoms with Gasteiger partial charge >= 0.3 is 5.97 Å². The van der Waals surface area contributed by atoms with Crippen LogP contribution in [0.15, 0.2) is 0 Å². The highest BCUT2D eigenvalue weighted by Crippen LogP contribution is 2.07. The third-order valence-electron chi connectivity index (χ3n) is 1.43. The van der Waals surface area contributed by atoms with Crippen molar-refractivity contribution in [3.63, 3.8) is 0 Å². The van der Waals surface area contributed by atoms with E-state index in [1.807, 2.05) is 6.92 Å². The molecule has 0 saturated carbocycles. The van der Waals surface area contributed by atoms with Crippen LogP contribution in [0.2, 0.25) is 0 Å². The van der Waals surface area contributed by atoms with Gasteiger partial charge in [0.2, 0.25) is 6.17 Å². The second-order valence-corrected chi connectivity index (χ2v) is 2.45. The number of carboxylic acids is 1. The first-order chi connectivity index (χ1) is 5.09. The van der Waals surface area contributed by atoms with Crippen molar-refractivity contribution in [1.29, 1.82) is 0 Å². The van der Waals surface area contributed by atoms with Crippen molar-refractivity contribution in [2.45, 2.75) is 38.5 Å². The zero-order valence-corrected chi connectivity index (χ0v) is 6.46. The van der Waals surface area contributed by atoms with Gasteiger partial charge in [0.1, 0.15) is 0 Å². The Hall–Kier alpha value is -0.640. The van der Waals surface area contributed by atoms with Gasteiger partial charge in [0.05, 0.1) is 6.10 Å². The SMILES string of the molecule is CCCCC(O)C(F)C(=O)O. The molecule has 2 atom stereocenters. The van der Waals surface area contributed by atoms with Crippen LogP contribution in [0.5, 0.6) is 0 Å². The lowest BCUT2D eigenvalue weighted by Crippen LogP contribution is -2.29. The second-order valence-electron chi connectivity index (χ2n) is 2.45. The summed E-state index contributed by atoms with van der Waals surface area (Å²) in [5.74, 6) is -1.59. The number of unbranched alkanes of at least 4 members (excludes halogenated alkanes) is 1. The Bertz CT molecular complexity index is 127. The second kappa shape index (κ2) is 5.07. The molecule has 66 valence electrons. The molecule has 0 bridgehead atoms. The molecule has 0 aliphatic carbocycles. The largest absolute Gasteiger partial charge is 0.479 e. The van der Waals surface area contributed by atoms with Gasteiger partial charge in [0, 0.05) is 0 Å². The third kappa shape index (κ3) is 3.93. The summed E-state index contributed by atoms with van der Waals surface area (Å²) in [6.07, 6.45) is -1.81. The van der Waals surface area contributed by atoms with Gasteiger partial charge in [-0.15, -0.1) is 0 Å². The topological polar surface area (TPSA) is 57.5 Å². The van der Waals surface area contributed by atoms with Crippen molar-refractivity contribution in [2.24, 2.45) is 0 Å². The maximum absolute atomic E-state index is 12.4. The van der Waals surface area contributed by atoms with Crippen LogP contribution in [0.25, 0.3) is 0 Å². The summed E-state index contributed by atoms with van der Waals surface area (Å²) in [5, 5.41) is 17.0. The van der Waals surface area contributed by atoms with Crippen molar-refractivity contribution in [3.8, 4) is 0 Å². The summed E-state index contributed by atoms with van der Waals surface area (Å²) in [7, 11) is 0. The number of carboxylic acid groups (broad SMARTS) is 1. The molecule has 0 aromatic rings. The van der Waals surface area contributed by atoms with Crippen molar-refractivity contribution in [2.75, 3.05) is 0 Å². The van der Waals surface area contributed by atoms with Crippen molar-refractivity contribution in [1.82, 2.24) is 0 Å². The summed E-state index contributed by atoms with van der Waals surface area (Å²) in [5.41, 5.74) is 0.